The first kappa shape index (κ1) is 25.5. The number of rotatable bonds is 5. The second-order valence-corrected chi connectivity index (χ2v) is 11.6. The summed E-state index contributed by atoms with van der Waals surface area (Å²) in [5, 5.41) is 11.3. The van der Waals surface area contributed by atoms with Crippen LogP contribution in [0, 0.1) is 11.8 Å². The molecule has 2 unspecified atom stereocenters. The summed E-state index contributed by atoms with van der Waals surface area (Å²) >= 11 is 0. The van der Waals surface area contributed by atoms with E-state index in [2.05, 4.69) is 21.6 Å². The van der Waals surface area contributed by atoms with Gasteiger partial charge in [0.2, 0.25) is 17.7 Å². The monoisotopic (exact) mass is 547 g/mol. The lowest BCUT2D eigenvalue weighted by molar-refractivity contribution is -0.141. The van der Waals surface area contributed by atoms with Gasteiger partial charge in [-0.1, -0.05) is 54.6 Å². The molecular formula is C33H33N5O3. The van der Waals surface area contributed by atoms with Crippen molar-refractivity contribution in [2.75, 3.05) is 18.4 Å². The van der Waals surface area contributed by atoms with Crippen molar-refractivity contribution >= 4 is 34.3 Å². The second-order valence-electron chi connectivity index (χ2n) is 11.6. The molecule has 0 spiro atoms. The highest BCUT2D eigenvalue weighted by Crippen LogP contribution is 2.38. The molecule has 1 fully saturated rings. The van der Waals surface area contributed by atoms with Crippen LogP contribution in [0.5, 0.6) is 0 Å². The molecule has 3 aliphatic heterocycles. The first-order valence-corrected chi connectivity index (χ1v) is 14.5. The number of nitrogens with one attached hydrogen (secondary N) is 2. The van der Waals surface area contributed by atoms with E-state index in [4.69, 9.17) is 0 Å². The van der Waals surface area contributed by atoms with Crippen LogP contribution in [-0.4, -0.2) is 50.8 Å². The molecule has 0 radical (unpaired) electrons. The number of aromatic amines is 1. The van der Waals surface area contributed by atoms with Crippen LogP contribution in [0.4, 0.5) is 5.69 Å². The number of amides is 3. The van der Waals surface area contributed by atoms with Crippen LogP contribution < -0.4 is 5.32 Å². The SMILES string of the molecule is O=C1Nc2ccccc2CC1C1CCN(C(=O)CC2C(=O)N(Cc3ccccc3)Cc3c2ccc2[nH]ncc32)CC1. The summed E-state index contributed by atoms with van der Waals surface area (Å²) < 4.78 is 0. The van der Waals surface area contributed by atoms with Gasteiger partial charge >= 0.3 is 0 Å². The molecule has 2 N–H and O–H groups in total. The number of carbonyl (C=O) groups excluding carboxylic acids is 3. The maximum Gasteiger partial charge on any atom is 0.231 e. The Morgan fingerprint density at radius 2 is 1.73 bits per heavy atom. The summed E-state index contributed by atoms with van der Waals surface area (Å²) in [6.07, 6.45) is 4.28. The Morgan fingerprint density at radius 3 is 2.56 bits per heavy atom. The number of anilines is 1. The van der Waals surface area contributed by atoms with Gasteiger partial charge in [-0.2, -0.15) is 5.10 Å². The van der Waals surface area contributed by atoms with E-state index in [0.29, 0.717) is 26.2 Å². The number of likely N-dealkylation sites (tertiary alicyclic amines) is 1. The van der Waals surface area contributed by atoms with E-state index in [-0.39, 0.29) is 36.0 Å². The highest BCUT2D eigenvalue weighted by Gasteiger charge is 2.39. The first-order chi connectivity index (χ1) is 20.0. The average Bonchev–Trinajstić information content (AvgIpc) is 3.49. The fourth-order valence-electron chi connectivity index (χ4n) is 6.96. The summed E-state index contributed by atoms with van der Waals surface area (Å²) in [5.41, 5.74) is 6.06. The smallest absolute Gasteiger partial charge is 0.231 e. The number of H-pyrrole nitrogens is 1. The molecule has 3 aromatic carbocycles. The number of aromatic nitrogens is 2. The lowest BCUT2D eigenvalue weighted by atomic mass is 9.78. The number of benzene rings is 3. The molecule has 0 aliphatic carbocycles. The minimum atomic E-state index is -0.535. The molecule has 8 heteroatoms. The fourth-order valence-corrected chi connectivity index (χ4v) is 6.96. The number of hydrogen-bond acceptors (Lipinski definition) is 4. The van der Waals surface area contributed by atoms with Crippen molar-refractivity contribution in [2.24, 2.45) is 11.8 Å². The number of para-hydroxylation sites is 1. The largest absolute Gasteiger partial charge is 0.343 e. The number of hydrogen-bond donors (Lipinski definition) is 2. The van der Waals surface area contributed by atoms with Crippen LogP contribution in [0.25, 0.3) is 10.9 Å². The molecule has 0 saturated carbocycles. The zero-order valence-corrected chi connectivity index (χ0v) is 22.9. The third-order valence-corrected chi connectivity index (χ3v) is 9.21. The predicted octanol–water partition coefficient (Wildman–Crippen LogP) is 4.63. The predicted molar refractivity (Wildman–Crippen MR) is 156 cm³/mol. The molecule has 1 saturated heterocycles. The third-order valence-electron chi connectivity index (χ3n) is 9.21. The molecule has 4 heterocycles. The molecule has 7 rings (SSSR count). The van der Waals surface area contributed by atoms with Crippen LogP contribution in [0.15, 0.2) is 72.9 Å². The van der Waals surface area contributed by atoms with Crippen molar-refractivity contribution in [3.8, 4) is 0 Å². The van der Waals surface area contributed by atoms with Gasteiger partial charge in [0.05, 0.1) is 17.6 Å². The van der Waals surface area contributed by atoms with Crippen molar-refractivity contribution < 1.29 is 14.4 Å². The molecule has 3 amide bonds. The Balaban J connectivity index is 1.07. The van der Waals surface area contributed by atoms with Crippen LogP contribution >= 0.6 is 0 Å². The lowest BCUT2D eigenvalue weighted by Gasteiger charge is -2.39. The van der Waals surface area contributed by atoms with E-state index >= 15 is 0 Å². The van der Waals surface area contributed by atoms with Gasteiger partial charge in [-0.25, -0.2) is 0 Å². The van der Waals surface area contributed by atoms with Crippen LogP contribution in [0.2, 0.25) is 0 Å². The Morgan fingerprint density at radius 1 is 0.951 bits per heavy atom. The van der Waals surface area contributed by atoms with Crippen LogP contribution in [0.1, 0.15) is 47.4 Å². The van der Waals surface area contributed by atoms with Gasteiger partial charge in [-0.05, 0) is 59.6 Å². The van der Waals surface area contributed by atoms with E-state index in [1.54, 1.807) is 0 Å². The summed E-state index contributed by atoms with van der Waals surface area (Å²) in [5.74, 6) is -0.294. The van der Waals surface area contributed by atoms with Gasteiger partial charge < -0.3 is 15.1 Å². The van der Waals surface area contributed by atoms with Gasteiger partial charge in [0.25, 0.3) is 0 Å². The molecule has 4 aromatic rings. The van der Waals surface area contributed by atoms with Gasteiger partial charge in [0.1, 0.15) is 0 Å². The molecule has 41 heavy (non-hydrogen) atoms. The maximum atomic E-state index is 13.9. The normalized spacial score (nSPS) is 21.0. The van der Waals surface area contributed by atoms with E-state index in [1.165, 1.54) is 5.56 Å². The zero-order chi connectivity index (χ0) is 27.9. The number of fused-ring (bicyclic) bond motifs is 4. The van der Waals surface area contributed by atoms with Crippen molar-refractivity contribution in [1.29, 1.82) is 0 Å². The standard InChI is InChI=1S/C33H33N5O3/c39-31(37-14-12-22(13-15-37)25-16-23-8-4-5-9-29(23)35-32(25)40)17-26-24-10-11-30-27(18-34-36-30)28(24)20-38(33(26)41)19-21-6-2-1-3-7-21/h1-11,18,22,25-26H,12-17,19-20H2,(H,34,36)(H,35,40). The third kappa shape index (κ3) is 4.77. The summed E-state index contributed by atoms with van der Waals surface area (Å²) in [4.78, 5) is 44.2. The maximum absolute atomic E-state index is 13.9. The van der Waals surface area contributed by atoms with Crippen LogP contribution in [-0.2, 0) is 33.9 Å². The first-order valence-electron chi connectivity index (χ1n) is 14.5. The number of piperidine rings is 1. The van der Waals surface area contributed by atoms with E-state index in [0.717, 1.165) is 52.5 Å². The molecule has 208 valence electrons. The van der Waals surface area contributed by atoms with E-state index in [1.807, 2.05) is 76.7 Å². The van der Waals surface area contributed by atoms with Crippen molar-refractivity contribution in [2.45, 2.75) is 44.7 Å². The highest BCUT2D eigenvalue weighted by atomic mass is 16.2. The van der Waals surface area contributed by atoms with Gasteiger partial charge in [0, 0.05) is 49.6 Å². The van der Waals surface area contributed by atoms with E-state index < -0.39 is 5.92 Å². The molecular weight excluding hydrogens is 514 g/mol. The van der Waals surface area contributed by atoms with Crippen molar-refractivity contribution in [3.05, 3.63) is 95.2 Å². The number of nitrogens with zero attached hydrogens (tertiary/aromatic N) is 3. The van der Waals surface area contributed by atoms with Crippen LogP contribution in [0.3, 0.4) is 0 Å². The van der Waals surface area contributed by atoms with E-state index in [9.17, 15) is 14.4 Å². The summed E-state index contributed by atoms with van der Waals surface area (Å²) in [6, 6.07) is 21.9. The summed E-state index contributed by atoms with van der Waals surface area (Å²) in [6.45, 7) is 2.20. The number of carbonyl (C=O) groups is 3. The second kappa shape index (κ2) is 10.5. The minimum absolute atomic E-state index is 0.0000398. The highest BCUT2D eigenvalue weighted by molar-refractivity contribution is 5.96. The van der Waals surface area contributed by atoms with Gasteiger partial charge in [-0.15, -0.1) is 0 Å². The summed E-state index contributed by atoms with van der Waals surface area (Å²) in [7, 11) is 0. The quantitative estimate of drug-likeness (QED) is 0.381. The lowest BCUT2D eigenvalue weighted by Crippen LogP contribution is -2.45. The van der Waals surface area contributed by atoms with Crippen molar-refractivity contribution in [1.82, 2.24) is 20.0 Å². The molecule has 3 aliphatic rings. The topological polar surface area (TPSA) is 98.4 Å². The molecule has 1 aromatic heterocycles. The molecule has 0 bridgehead atoms. The van der Waals surface area contributed by atoms with Gasteiger partial charge in [0.15, 0.2) is 0 Å². The average molecular weight is 548 g/mol. The van der Waals surface area contributed by atoms with Gasteiger partial charge in [-0.3, -0.25) is 19.5 Å². The Labute approximate surface area is 238 Å². The Kier molecular flexibility index (Phi) is 6.53. The fraction of sp³-hybridized carbons (Fsp3) is 0.333. The zero-order valence-electron chi connectivity index (χ0n) is 22.9. The Hall–Kier alpha value is -4.46. The Bertz CT molecular complexity index is 1620. The van der Waals surface area contributed by atoms with Crippen molar-refractivity contribution in [3.63, 3.8) is 0 Å². The minimum Gasteiger partial charge on any atom is -0.343 e. The molecule has 2 atom stereocenters. The molecule has 8 nitrogen and oxygen atoms in total.